The van der Waals surface area contributed by atoms with E-state index >= 15 is 0 Å². The molecule has 4 aromatic rings. The van der Waals surface area contributed by atoms with Crippen molar-refractivity contribution in [3.05, 3.63) is 105 Å². The van der Waals surface area contributed by atoms with Crippen molar-refractivity contribution in [3.8, 4) is 34.4 Å². The summed E-state index contributed by atoms with van der Waals surface area (Å²) < 4.78 is 19.1. The van der Waals surface area contributed by atoms with Gasteiger partial charge in [0.05, 0.1) is 23.3 Å². The molecule has 1 aromatic heterocycles. The third-order valence-corrected chi connectivity index (χ3v) is 11.1. The summed E-state index contributed by atoms with van der Waals surface area (Å²) in [7, 11) is 0. The van der Waals surface area contributed by atoms with Crippen LogP contribution in [0.1, 0.15) is 71.0 Å². The summed E-state index contributed by atoms with van der Waals surface area (Å²) in [6, 6.07) is 17.4. The first kappa shape index (κ1) is 39.0. The fourth-order valence-corrected chi connectivity index (χ4v) is 7.71. The summed E-state index contributed by atoms with van der Waals surface area (Å²) in [5, 5.41) is 29.6. The van der Waals surface area contributed by atoms with Crippen molar-refractivity contribution < 1.29 is 29.2 Å². The zero-order valence-electron chi connectivity index (χ0n) is 31.3. The van der Waals surface area contributed by atoms with Gasteiger partial charge in [0.2, 0.25) is 0 Å². The molecule has 284 valence electrons. The van der Waals surface area contributed by atoms with E-state index in [1.165, 1.54) is 6.20 Å². The Bertz CT molecular complexity index is 2000. The largest absolute Gasteiger partial charge is 0.493 e. The lowest BCUT2D eigenvalue weighted by molar-refractivity contribution is -0.144. The zero-order valence-corrected chi connectivity index (χ0v) is 32.1. The molecule has 11 heteroatoms. The summed E-state index contributed by atoms with van der Waals surface area (Å²) in [5.41, 5.74) is 8.08. The third kappa shape index (κ3) is 9.34. The highest BCUT2D eigenvalue weighted by Crippen LogP contribution is 2.40. The highest BCUT2D eigenvalue weighted by Gasteiger charge is 2.30. The molecule has 0 spiro atoms. The van der Waals surface area contributed by atoms with Gasteiger partial charge >= 0.3 is 5.97 Å². The van der Waals surface area contributed by atoms with Gasteiger partial charge < -0.3 is 29.3 Å². The molecule has 2 aliphatic heterocycles. The number of benzene rings is 3. The second kappa shape index (κ2) is 18.1. The maximum atomic E-state index is 12.2. The fraction of sp³-hybridized carbons (Fsp3) is 0.419. The molecule has 2 aliphatic rings. The molecular weight excluding hydrogens is 704 g/mol. The Hall–Kier alpha value is -4.66. The van der Waals surface area contributed by atoms with Crippen LogP contribution in [0.3, 0.4) is 0 Å². The van der Waals surface area contributed by atoms with E-state index in [1.54, 1.807) is 18.3 Å². The Morgan fingerprint density at radius 1 is 0.926 bits per heavy atom. The number of carboxylic acids is 1. The van der Waals surface area contributed by atoms with Crippen LogP contribution in [0.5, 0.6) is 17.2 Å². The summed E-state index contributed by atoms with van der Waals surface area (Å²) in [5.74, 6) is 1.03. The van der Waals surface area contributed by atoms with E-state index in [9.17, 15) is 20.3 Å². The topological polar surface area (TPSA) is 128 Å². The number of hydrogen-bond donors (Lipinski definition) is 2. The van der Waals surface area contributed by atoms with Crippen LogP contribution < -0.4 is 14.2 Å². The highest BCUT2D eigenvalue weighted by atomic mass is 35.5. The van der Waals surface area contributed by atoms with E-state index in [4.69, 9.17) is 25.8 Å². The molecule has 3 aromatic carbocycles. The van der Waals surface area contributed by atoms with E-state index in [1.807, 2.05) is 36.1 Å². The van der Waals surface area contributed by atoms with Gasteiger partial charge in [0.15, 0.2) is 0 Å². The lowest BCUT2D eigenvalue weighted by atomic mass is 9.93. The van der Waals surface area contributed by atoms with Crippen molar-refractivity contribution in [1.29, 1.82) is 5.26 Å². The number of nitriles is 1. The third-order valence-electron chi connectivity index (χ3n) is 10.7. The number of hydrogen-bond acceptors (Lipinski definition) is 9. The van der Waals surface area contributed by atoms with Crippen molar-refractivity contribution in [2.45, 2.75) is 84.8 Å². The minimum Gasteiger partial charge on any atom is -0.493 e. The van der Waals surface area contributed by atoms with Gasteiger partial charge in [0.1, 0.15) is 42.6 Å². The molecule has 2 saturated heterocycles. The van der Waals surface area contributed by atoms with Crippen LogP contribution in [0.25, 0.3) is 11.1 Å². The number of aromatic nitrogens is 1. The molecule has 54 heavy (non-hydrogen) atoms. The summed E-state index contributed by atoms with van der Waals surface area (Å²) in [6.45, 7) is 10.7. The molecule has 2 fully saturated rings. The first-order valence-electron chi connectivity index (χ1n) is 18.7. The number of pyridine rings is 1. The Morgan fingerprint density at radius 2 is 1.70 bits per heavy atom. The van der Waals surface area contributed by atoms with E-state index in [0.29, 0.717) is 48.2 Å². The second-order valence-electron chi connectivity index (χ2n) is 14.3. The average Bonchev–Trinajstić information content (AvgIpc) is 3.60. The normalized spacial score (nSPS) is 17.6. The molecule has 0 amide bonds. The van der Waals surface area contributed by atoms with Crippen LogP contribution in [0.2, 0.25) is 5.02 Å². The van der Waals surface area contributed by atoms with Crippen LogP contribution in [0.4, 0.5) is 0 Å². The van der Waals surface area contributed by atoms with Crippen molar-refractivity contribution in [2.75, 3.05) is 32.8 Å². The number of β-amino-alcohol motifs (C(OH)–C–C–N with tert-alkyl or cyclic N) is 1. The molecule has 0 saturated carbocycles. The van der Waals surface area contributed by atoms with E-state index in [2.05, 4.69) is 41.9 Å². The number of ether oxygens (including phenoxy) is 3. The molecule has 10 nitrogen and oxygen atoms in total. The number of carboxylic acid groups (broad SMARTS) is 1. The lowest BCUT2D eigenvalue weighted by Gasteiger charge is -2.34. The highest BCUT2D eigenvalue weighted by molar-refractivity contribution is 6.33. The van der Waals surface area contributed by atoms with Crippen molar-refractivity contribution in [3.63, 3.8) is 0 Å². The number of aliphatic hydroxyl groups excluding tert-OH is 1. The summed E-state index contributed by atoms with van der Waals surface area (Å²) >= 11 is 7.02. The number of piperidine rings is 1. The first-order chi connectivity index (χ1) is 26.1. The minimum absolute atomic E-state index is 0.157. The quantitative estimate of drug-likeness (QED) is 0.117. The van der Waals surface area contributed by atoms with Gasteiger partial charge in [-0.15, -0.1) is 0 Å². The predicted molar refractivity (Wildman–Crippen MR) is 208 cm³/mol. The van der Waals surface area contributed by atoms with Gasteiger partial charge in [0.25, 0.3) is 0 Å². The van der Waals surface area contributed by atoms with E-state index < -0.39 is 12.0 Å². The molecule has 3 heterocycles. The van der Waals surface area contributed by atoms with Gasteiger partial charge in [-0.05, 0) is 98.5 Å². The molecule has 6 rings (SSSR count). The SMILES string of the molecule is Cc1c(COc2cc(OCc3cncc(C#N)c3)c(CN3CCCC[C@H]3C(=O)O)c(C)c2Cl)cccc1-c1cccc(OCCCN2CC[C@@H](O)C2)c1C. The first-order valence-corrected chi connectivity index (χ1v) is 19.1. The summed E-state index contributed by atoms with van der Waals surface area (Å²) in [4.78, 5) is 20.6. The van der Waals surface area contributed by atoms with Crippen LogP contribution in [0, 0.1) is 32.1 Å². The van der Waals surface area contributed by atoms with Crippen molar-refractivity contribution in [1.82, 2.24) is 14.8 Å². The summed E-state index contributed by atoms with van der Waals surface area (Å²) in [6.07, 6.45) is 7.07. The van der Waals surface area contributed by atoms with Gasteiger partial charge in [-0.1, -0.05) is 48.4 Å². The number of aliphatic carboxylic acids is 1. The van der Waals surface area contributed by atoms with Gasteiger partial charge in [-0.2, -0.15) is 5.26 Å². The molecule has 2 atom stereocenters. The van der Waals surface area contributed by atoms with Crippen LogP contribution in [-0.4, -0.2) is 75.9 Å². The Labute approximate surface area is 322 Å². The smallest absolute Gasteiger partial charge is 0.320 e. The monoisotopic (exact) mass is 752 g/mol. The molecule has 2 N–H and O–H groups in total. The zero-order chi connectivity index (χ0) is 38.2. The van der Waals surface area contributed by atoms with Gasteiger partial charge in [-0.3, -0.25) is 14.7 Å². The maximum absolute atomic E-state index is 12.2. The Kier molecular flexibility index (Phi) is 13.1. The number of halogens is 1. The number of aliphatic hydroxyl groups is 1. The number of nitrogens with zero attached hydrogens (tertiary/aromatic N) is 4. The van der Waals surface area contributed by atoms with Gasteiger partial charge in [-0.25, -0.2) is 0 Å². The van der Waals surface area contributed by atoms with E-state index in [-0.39, 0.29) is 19.3 Å². The van der Waals surface area contributed by atoms with Crippen molar-refractivity contribution >= 4 is 17.6 Å². The maximum Gasteiger partial charge on any atom is 0.320 e. The fourth-order valence-electron chi connectivity index (χ4n) is 7.49. The molecule has 0 unspecified atom stereocenters. The number of likely N-dealkylation sites (tertiary alicyclic amines) is 2. The second-order valence-corrected chi connectivity index (χ2v) is 14.7. The molecule has 0 aliphatic carbocycles. The van der Waals surface area contributed by atoms with E-state index in [0.717, 1.165) is 95.6 Å². The Morgan fingerprint density at radius 3 is 2.46 bits per heavy atom. The molecular formula is C43H49ClN4O6. The lowest BCUT2D eigenvalue weighted by Crippen LogP contribution is -2.44. The predicted octanol–water partition coefficient (Wildman–Crippen LogP) is 7.63. The minimum atomic E-state index is -0.831. The number of rotatable bonds is 15. The Balaban J connectivity index is 1.21. The van der Waals surface area contributed by atoms with Gasteiger partial charge in [0, 0.05) is 55.8 Å². The molecule has 0 bridgehead atoms. The average molecular weight is 753 g/mol. The van der Waals surface area contributed by atoms with Crippen LogP contribution in [0.15, 0.2) is 60.9 Å². The van der Waals surface area contributed by atoms with Crippen LogP contribution in [-0.2, 0) is 24.6 Å². The standard InChI is InChI=1S/C43H49ClN4O6/c1-28-33(9-6-10-35(28)36-11-7-13-39(29(36)2)52-18-8-15-47-17-14-34(49)24-47)27-54-41-20-40(53-26-32-19-31(21-45)22-46-23-32)37(30(3)42(41)44)25-48-16-5-4-12-38(48)43(50)51/h6-7,9-11,13,19-20,22-23,34,38,49H,4-5,8,12,14-18,24-27H2,1-3H3,(H,50,51)/t34-,38+/m1/s1. The molecule has 0 radical (unpaired) electrons. The van der Waals surface area contributed by atoms with Crippen molar-refractivity contribution in [2.24, 2.45) is 0 Å². The van der Waals surface area contributed by atoms with Crippen LogP contribution >= 0.6 is 11.6 Å². The number of carbonyl (C=O) groups is 1.